The van der Waals surface area contributed by atoms with Gasteiger partial charge in [-0.05, 0) is 25.3 Å². The number of halogens is 4. The Morgan fingerprint density at radius 2 is 1.53 bits per heavy atom. The molecule has 0 bridgehead atoms. The van der Waals surface area contributed by atoms with E-state index in [1.54, 1.807) is 0 Å². The number of rotatable bonds is 6. The quantitative estimate of drug-likeness (QED) is 0.674. The highest BCUT2D eigenvalue weighted by molar-refractivity contribution is 9.09. The predicted octanol–water partition coefficient (Wildman–Crippen LogP) is 3.68. The summed E-state index contributed by atoms with van der Waals surface area (Å²) in [6, 6.07) is 0. The Bertz CT molecular complexity index is 170. The van der Waals surface area contributed by atoms with Crippen LogP contribution in [0.5, 0.6) is 0 Å². The van der Waals surface area contributed by atoms with Crippen molar-refractivity contribution in [3.63, 3.8) is 0 Å². The molecule has 1 nitrogen and oxygen atoms in total. The van der Waals surface area contributed by atoms with Crippen molar-refractivity contribution in [2.24, 2.45) is 5.41 Å². The van der Waals surface area contributed by atoms with Gasteiger partial charge in [-0.15, -0.1) is 0 Å². The molecule has 0 fully saturated rings. The molecular formula is C10H19BrF3N. The van der Waals surface area contributed by atoms with Crippen LogP contribution in [0.15, 0.2) is 0 Å². The van der Waals surface area contributed by atoms with Crippen molar-refractivity contribution in [1.82, 2.24) is 4.90 Å². The van der Waals surface area contributed by atoms with Crippen molar-refractivity contribution in [1.29, 1.82) is 0 Å². The van der Waals surface area contributed by atoms with Crippen molar-refractivity contribution < 1.29 is 13.2 Å². The van der Waals surface area contributed by atoms with Crippen LogP contribution in [0, 0.1) is 5.41 Å². The van der Waals surface area contributed by atoms with Crippen LogP contribution in [0.1, 0.15) is 26.7 Å². The Morgan fingerprint density at radius 1 is 1.07 bits per heavy atom. The molecule has 0 aromatic rings. The molecule has 0 radical (unpaired) electrons. The fourth-order valence-electron chi connectivity index (χ4n) is 1.64. The first-order valence-electron chi connectivity index (χ1n) is 5.10. The molecule has 0 saturated carbocycles. The molecule has 0 aliphatic heterocycles. The van der Waals surface area contributed by atoms with Crippen molar-refractivity contribution in [2.75, 3.05) is 25.5 Å². The monoisotopic (exact) mass is 289 g/mol. The third-order valence-corrected chi connectivity index (χ3v) is 4.03. The summed E-state index contributed by atoms with van der Waals surface area (Å²) in [4.78, 5) is 1.36. The number of nitrogens with zero attached hydrogens (tertiary/aromatic N) is 1. The van der Waals surface area contributed by atoms with Crippen LogP contribution in [0.25, 0.3) is 0 Å². The molecule has 0 spiro atoms. The van der Waals surface area contributed by atoms with E-state index in [2.05, 4.69) is 15.9 Å². The summed E-state index contributed by atoms with van der Waals surface area (Å²) in [5, 5.41) is 0.745. The molecule has 0 N–H and O–H groups in total. The molecule has 15 heavy (non-hydrogen) atoms. The molecule has 0 unspecified atom stereocenters. The van der Waals surface area contributed by atoms with Crippen LogP contribution in [-0.4, -0.2) is 36.5 Å². The minimum Gasteiger partial charge on any atom is -0.298 e. The van der Waals surface area contributed by atoms with E-state index in [0.717, 1.165) is 18.2 Å². The van der Waals surface area contributed by atoms with E-state index >= 15 is 0 Å². The van der Waals surface area contributed by atoms with E-state index in [-0.39, 0.29) is 5.41 Å². The van der Waals surface area contributed by atoms with E-state index in [1.165, 1.54) is 11.9 Å². The lowest BCUT2D eigenvalue weighted by Gasteiger charge is -2.34. The first kappa shape index (κ1) is 15.2. The highest BCUT2D eigenvalue weighted by atomic mass is 79.9. The summed E-state index contributed by atoms with van der Waals surface area (Å²) in [5.41, 5.74) is -0.0417. The lowest BCUT2D eigenvalue weighted by Crippen LogP contribution is -2.40. The number of hydrogen-bond acceptors (Lipinski definition) is 1. The molecule has 0 rings (SSSR count). The van der Waals surface area contributed by atoms with E-state index in [0.29, 0.717) is 6.54 Å². The molecule has 0 aliphatic carbocycles. The van der Waals surface area contributed by atoms with Gasteiger partial charge < -0.3 is 0 Å². The average molecular weight is 290 g/mol. The van der Waals surface area contributed by atoms with E-state index in [4.69, 9.17) is 0 Å². The molecule has 0 heterocycles. The third-order valence-electron chi connectivity index (χ3n) is 2.84. The standard InChI is InChI=1S/C10H19BrF3N/c1-4-9(5-2,6-11)7-15(3)8-10(12,13)14/h4-8H2,1-3H3. The van der Waals surface area contributed by atoms with Gasteiger partial charge in [0.25, 0.3) is 0 Å². The Balaban J connectivity index is 4.29. The highest BCUT2D eigenvalue weighted by Crippen LogP contribution is 2.30. The van der Waals surface area contributed by atoms with Gasteiger partial charge in [0.2, 0.25) is 0 Å². The Hall–Kier alpha value is 0.230. The molecule has 0 atom stereocenters. The van der Waals surface area contributed by atoms with Crippen molar-refractivity contribution >= 4 is 15.9 Å². The Kier molecular flexibility index (Phi) is 6.18. The van der Waals surface area contributed by atoms with E-state index < -0.39 is 12.7 Å². The molecule has 0 amide bonds. The maximum atomic E-state index is 12.1. The molecule has 0 saturated heterocycles. The molecule has 5 heteroatoms. The Labute approximate surface area is 98.1 Å². The van der Waals surface area contributed by atoms with Crippen LogP contribution in [0.3, 0.4) is 0 Å². The maximum absolute atomic E-state index is 12.1. The van der Waals surface area contributed by atoms with E-state index in [9.17, 15) is 13.2 Å². The lowest BCUT2D eigenvalue weighted by molar-refractivity contribution is -0.145. The minimum absolute atomic E-state index is 0.0417. The van der Waals surface area contributed by atoms with Gasteiger partial charge in [-0.2, -0.15) is 13.2 Å². The summed E-state index contributed by atoms with van der Waals surface area (Å²) >= 11 is 3.39. The summed E-state index contributed by atoms with van der Waals surface area (Å²) in [5.74, 6) is 0. The van der Waals surface area contributed by atoms with E-state index in [1.807, 2.05) is 13.8 Å². The van der Waals surface area contributed by atoms with Gasteiger partial charge in [0.1, 0.15) is 0 Å². The minimum atomic E-state index is -4.10. The Morgan fingerprint density at radius 3 is 1.80 bits per heavy atom. The maximum Gasteiger partial charge on any atom is 0.401 e. The van der Waals surface area contributed by atoms with Crippen LogP contribution in [-0.2, 0) is 0 Å². The van der Waals surface area contributed by atoms with Crippen LogP contribution < -0.4 is 0 Å². The molecule has 0 aromatic carbocycles. The molecule has 92 valence electrons. The molecular weight excluding hydrogens is 271 g/mol. The fourth-order valence-corrected chi connectivity index (χ4v) is 2.61. The van der Waals surface area contributed by atoms with Gasteiger partial charge in [-0.1, -0.05) is 29.8 Å². The van der Waals surface area contributed by atoms with Gasteiger partial charge in [0.15, 0.2) is 0 Å². The summed E-state index contributed by atoms with van der Waals surface area (Å²) in [6.45, 7) is 3.69. The van der Waals surface area contributed by atoms with Crippen molar-refractivity contribution in [3.05, 3.63) is 0 Å². The normalized spacial score (nSPS) is 13.6. The zero-order chi connectivity index (χ0) is 12.1. The van der Waals surface area contributed by atoms with Crippen molar-refractivity contribution in [3.8, 4) is 0 Å². The summed E-state index contributed by atoms with van der Waals surface area (Å²) < 4.78 is 36.4. The largest absolute Gasteiger partial charge is 0.401 e. The van der Waals surface area contributed by atoms with Crippen LogP contribution >= 0.6 is 15.9 Å². The van der Waals surface area contributed by atoms with Gasteiger partial charge in [-0.25, -0.2) is 0 Å². The SMILES string of the molecule is CCC(CC)(CBr)CN(C)CC(F)(F)F. The predicted molar refractivity (Wildman–Crippen MR) is 60.4 cm³/mol. The average Bonchev–Trinajstić information content (AvgIpc) is 2.11. The number of alkyl halides is 4. The summed E-state index contributed by atoms with van der Waals surface area (Å²) in [7, 11) is 1.52. The zero-order valence-corrected chi connectivity index (χ0v) is 11.1. The highest BCUT2D eigenvalue weighted by Gasteiger charge is 2.33. The van der Waals surface area contributed by atoms with Crippen LogP contribution in [0.4, 0.5) is 13.2 Å². The van der Waals surface area contributed by atoms with Crippen LogP contribution in [0.2, 0.25) is 0 Å². The van der Waals surface area contributed by atoms with Crippen molar-refractivity contribution in [2.45, 2.75) is 32.9 Å². The second kappa shape index (κ2) is 6.09. The molecule has 0 aliphatic rings. The number of hydrogen-bond donors (Lipinski definition) is 0. The first-order valence-corrected chi connectivity index (χ1v) is 6.22. The van der Waals surface area contributed by atoms with Gasteiger partial charge >= 0.3 is 6.18 Å². The molecule has 0 aromatic heterocycles. The van der Waals surface area contributed by atoms with Gasteiger partial charge in [0.05, 0.1) is 6.54 Å². The smallest absolute Gasteiger partial charge is 0.298 e. The zero-order valence-electron chi connectivity index (χ0n) is 9.49. The van der Waals surface area contributed by atoms with Gasteiger partial charge in [-0.3, -0.25) is 4.90 Å². The lowest BCUT2D eigenvalue weighted by atomic mass is 9.84. The topological polar surface area (TPSA) is 3.24 Å². The summed E-state index contributed by atoms with van der Waals surface area (Å²) in [6.07, 6.45) is -2.33. The fraction of sp³-hybridized carbons (Fsp3) is 1.00. The third kappa shape index (κ3) is 5.76. The second-order valence-electron chi connectivity index (χ2n) is 4.13. The van der Waals surface area contributed by atoms with Gasteiger partial charge in [0, 0.05) is 11.9 Å². The first-order chi connectivity index (χ1) is 6.78. The second-order valence-corrected chi connectivity index (χ2v) is 4.69.